The van der Waals surface area contributed by atoms with Crippen LogP contribution in [0.15, 0.2) is 53.4 Å². The summed E-state index contributed by atoms with van der Waals surface area (Å²) in [7, 11) is -4.08. The zero-order chi connectivity index (χ0) is 22.7. The molecule has 4 aromatic rings. The molecule has 0 radical (unpaired) electrons. The van der Waals surface area contributed by atoms with Gasteiger partial charge in [-0.2, -0.15) is 10.1 Å². The third-order valence-electron chi connectivity index (χ3n) is 4.62. The van der Waals surface area contributed by atoms with Crippen LogP contribution in [0.1, 0.15) is 12.1 Å². The molecule has 2 heterocycles. The van der Waals surface area contributed by atoms with E-state index in [0.29, 0.717) is 34.7 Å². The Balaban J connectivity index is 1.62. The molecule has 0 amide bonds. The Hall–Kier alpha value is -3.57. The highest BCUT2D eigenvalue weighted by atomic mass is 32.2. The number of aromatic amines is 1. The summed E-state index contributed by atoms with van der Waals surface area (Å²) in [6.45, 7) is 2.10. The average molecular weight is 457 g/mol. The number of hydrogen-bond acceptors (Lipinski definition) is 7. The first-order valence-electron chi connectivity index (χ1n) is 9.73. The predicted molar refractivity (Wildman–Crippen MR) is 116 cm³/mol. The minimum Gasteiger partial charge on any atom is -0.477 e. The molecule has 166 valence electrons. The van der Waals surface area contributed by atoms with Gasteiger partial charge >= 0.3 is 0 Å². The number of halogens is 1. The molecule has 0 unspecified atom stereocenters. The maximum absolute atomic E-state index is 13.9. The molecule has 0 fully saturated rings. The quantitative estimate of drug-likeness (QED) is 0.347. The topological polar surface area (TPSA) is 130 Å². The van der Waals surface area contributed by atoms with E-state index < -0.39 is 20.7 Å². The minimum absolute atomic E-state index is 0.00426. The molecule has 0 saturated carbocycles. The molecule has 2 aromatic carbocycles. The Bertz CT molecular complexity index is 1360. The molecule has 0 aliphatic rings. The molecule has 11 heteroatoms. The maximum Gasteiger partial charge on any atom is 0.264 e. The lowest BCUT2D eigenvalue weighted by molar-refractivity contribution is 0.231. The van der Waals surface area contributed by atoms with Crippen molar-refractivity contribution in [1.29, 1.82) is 0 Å². The van der Waals surface area contributed by atoms with E-state index in [0.717, 1.165) is 11.8 Å². The summed E-state index contributed by atoms with van der Waals surface area (Å²) in [5.41, 5.74) is 2.04. The predicted octanol–water partition coefficient (Wildman–Crippen LogP) is 3.03. The number of aliphatic hydroxyl groups is 1. The zero-order valence-electron chi connectivity index (χ0n) is 17.0. The molecule has 0 aliphatic heterocycles. The summed E-state index contributed by atoms with van der Waals surface area (Å²) in [5.74, 6) is -0.151. The second-order valence-corrected chi connectivity index (χ2v) is 8.59. The number of aromatic nitrogens is 4. The van der Waals surface area contributed by atoms with Crippen LogP contribution in [0.25, 0.3) is 22.4 Å². The highest BCUT2D eigenvalue weighted by Crippen LogP contribution is 2.29. The number of hydrogen-bond donors (Lipinski definition) is 3. The van der Waals surface area contributed by atoms with Crippen molar-refractivity contribution < 1.29 is 22.7 Å². The van der Waals surface area contributed by atoms with Crippen LogP contribution in [-0.2, 0) is 10.0 Å². The van der Waals surface area contributed by atoms with E-state index in [4.69, 9.17) is 9.84 Å². The first-order valence-corrected chi connectivity index (χ1v) is 11.2. The molecule has 9 nitrogen and oxygen atoms in total. The van der Waals surface area contributed by atoms with Crippen molar-refractivity contribution in [2.75, 3.05) is 17.9 Å². The van der Waals surface area contributed by atoms with Crippen LogP contribution in [0.2, 0.25) is 0 Å². The van der Waals surface area contributed by atoms with E-state index in [9.17, 15) is 12.8 Å². The number of anilines is 1. The lowest BCUT2D eigenvalue weighted by atomic mass is 10.2. The van der Waals surface area contributed by atoms with Gasteiger partial charge in [0.2, 0.25) is 5.88 Å². The van der Waals surface area contributed by atoms with Crippen LogP contribution in [-0.4, -0.2) is 46.9 Å². The molecular formula is C21H20FN5O4S. The van der Waals surface area contributed by atoms with Gasteiger partial charge in [0.15, 0.2) is 11.5 Å². The summed E-state index contributed by atoms with van der Waals surface area (Å²) in [6, 6.07) is 11.5. The van der Waals surface area contributed by atoms with Gasteiger partial charge in [-0.3, -0.25) is 9.82 Å². The van der Waals surface area contributed by atoms with E-state index >= 15 is 0 Å². The number of nitrogens with one attached hydrogen (secondary N) is 2. The Labute approximate surface area is 183 Å². The number of rotatable bonds is 8. The van der Waals surface area contributed by atoms with E-state index in [1.807, 2.05) is 6.92 Å². The number of benzene rings is 2. The van der Waals surface area contributed by atoms with Gasteiger partial charge in [0.1, 0.15) is 16.1 Å². The number of sulfonamides is 1. The number of H-pyrrole nitrogens is 1. The Morgan fingerprint density at radius 3 is 2.59 bits per heavy atom. The molecule has 0 aliphatic carbocycles. The molecule has 0 saturated heterocycles. The van der Waals surface area contributed by atoms with Crippen molar-refractivity contribution in [3.63, 3.8) is 0 Å². The van der Waals surface area contributed by atoms with Crippen LogP contribution in [0, 0.1) is 12.7 Å². The Morgan fingerprint density at radius 1 is 1.12 bits per heavy atom. The molecule has 0 spiro atoms. The van der Waals surface area contributed by atoms with Crippen molar-refractivity contribution >= 4 is 26.7 Å². The average Bonchev–Trinajstić information content (AvgIpc) is 3.15. The lowest BCUT2D eigenvalue weighted by Crippen LogP contribution is -2.14. The number of aryl methyl sites for hydroxylation is 1. The number of aliphatic hydroxyl groups excluding tert-OH is 1. The fourth-order valence-electron chi connectivity index (χ4n) is 3.06. The van der Waals surface area contributed by atoms with Gasteiger partial charge in [-0.15, -0.1) is 0 Å². The first-order chi connectivity index (χ1) is 15.4. The fraction of sp³-hybridized carbons (Fsp3) is 0.190. The third kappa shape index (κ3) is 4.39. The van der Waals surface area contributed by atoms with Gasteiger partial charge in [-0.1, -0.05) is 12.1 Å². The van der Waals surface area contributed by atoms with E-state index in [1.54, 1.807) is 12.1 Å². The largest absolute Gasteiger partial charge is 0.477 e. The van der Waals surface area contributed by atoms with Gasteiger partial charge in [0, 0.05) is 30.0 Å². The van der Waals surface area contributed by atoms with Crippen LogP contribution >= 0.6 is 0 Å². The van der Waals surface area contributed by atoms with Crippen LogP contribution in [0.5, 0.6) is 5.88 Å². The standard InChI is InChI=1S/C21H20FN5O4S/c1-13-18-20(26-25-13)23-19(24-21(18)31-12-4-11-28)14-7-9-15(10-8-14)27-32(29,30)17-6-3-2-5-16(17)22/h2-3,5-10,27-28H,4,11-12H2,1H3,(H,23,24,25,26). The third-order valence-corrected chi connectivity index (χ3v) is 6.04. The summed E-state index contributed by atoms with van der Waals surface area (Å²) in [4.78, 5) is 8.49. The SMILES string of the molecule is Cc1[nH]nc2nc(-c3ccc(NS(=O)(=O)c4ccccc4F)cc3)nc(OCCCO)c12. The molecule has 2 aromatic heterocycles. The van der Waals surface area contributed by atoms with Crippen LogP contribution in [0.3, 0.4) is 0 Å². The van der Waals surface area contributed by atoms with Crippen molar-refractivity contribution in [2.45, 2.75) is 18.2 Å². The van der Waals surface area contributed by atoms with Crippen molar-refractivity contribution in [3.05, 3.63) is 60.0 Å². The fourth-order valence-corrected chi connectivity index (χ4v) is 4.20. The maximum atomic E-state index is 13.9. The summed E-state index contributed by atoms with van der Waals surface area (Å²) >= 11 is 0. The van der Waals surface area contributed by atoms with Gasteiger partial charge in [0.25, 0.3) is 10.0 Å². The van der Waals surface area contributed by atoms with Gasteiger partial charge in [0.05, 0.1) is 6.61 Å². The highest BCUT2D eigenvalue weighted by Gasteiger charge is 2.19. The van der Waals surface area contributed by atoms with Crippen molar-refractivity contribution in [3.8, 4) is 17.3 Å². The Kier molecular flexibility index (Phi) is 6.01. The van der Waals surface area contributed by atoms with Crippen LogP contribution < -0.4 is 9.46 Å². The highest BCUT2D eigenvalue weighted by molar-refractivity contribution is 7.92. The molecule has 0 bridgehead atoms. The molecule has 32 heavy (non-hydrogen) atoms. The van der Waals surface area contributed by atoms with E-state index in [1.165, 1.54) is 30.3 Å². The first kappa shape index (κ1) is 21.7. The van der Waals surface area contributed by atoms with Crippen LogP contribution in [0.4, 0.5) is 10.1 Å². The zero-order valence-corrected chi connectivity index (χ0v) is 17.9. The molecule has 0 atom stereocenters. The normalized spacial score (nSPS) is 11.6. The van der Waals surface area contributed by atoms with E-state index in [2.05, 4.69) is 24.9 Å². The number of fused-ring (bicyclic) bond motifs is 1. The monoisotopic (exact) mass is 457 g/mol. The molecule has 4 rings (SSSR count). The number of ether oxygens (including phenoxy) is 1. The minimum atomic E-state index is -4.08. The van der Waals surface area contributed by atoms with Crippen molar-refractivity contribution in [1.82, 2.24) is 20.2 Å². The van der Waals surface area contributed by atoms with Crippen molar-refractivity contribution in [2.24, 2.45) is 0 Å². The molecular weight excluding hydrogens is 437 g/mol. The summed E-state index contributed by atoms with van der Waals surface area (Å²) in [5, 5.41) is 16.7. The van der Waals surface area contributed by atoms with Gasteiger partial charge in [-0.05, 0) is 43.3 Å². The van der Waals surface area contributed by atoms with E-state index in [-0.39, 0.29) is 18.9 Å². The second-order valence-electron chi connectivity index (χ2n) is 6.94. The lowest BCUT2D eigenvalue weighted by Gasteiger charge is -2.10. The smallest absolute Gasteiger partial charge is 0.264 e. The van der Waals surface area contributed by atoms with Gasteiger partial charge < -0.3 is 9.84 Å². The Morgan fingerprint density at radius 2 is 1.88 bits per heavy atom. The summed E-state index contributed by atoms with van der Waals surface area (Å²) in [6.07, 6.45) is 0.453. The molecule has 3 N–H and O–H groups in total. The summed E-state index contributed by atoms with van der Waals surface area (Å²) < 4.78 is 46.9. The number of nitrogens with zero attached hydrogens (tertiary/aromatic N) is 3. The van der Waals surface area contributed by atoms with Gasteiger partial charge in [-0.25, -0.2) is 17.8 Å². The second kappa shape index (κ2) is 8.89.